The Morgan fingerprint density at radius 1 is 1.08 bits per heavy atom. The van der Waals surface area contributed by atoms with Crippen molar-refractivity contribution in [3.8, 4) is 0 Å². The van der Waals surface area contributed by atoms with Gasteiger partial charge in [-0.1, -0.05) is 41.9 Å². The van der Waals surface area contributed by atoms with E-state index in [2.05, 4.69) is 51.4 Å². The zero-order valence-electron chi connectivity index (χ0n) is 14.4. The summed E-state index contributed by atoms with van der Waals surface area (Å²) in [6, 6.07) is 18.0. The van der Waals surface area contributed by atoms with Crippen molar-refractivity contribution in [2.75, 3.05) is 16.8 Å². The number of benzene rings is 2. The van der Waals surface area contributed by atoms with Gasteiger partial charge in [0, 0.05) is 30.0 Å². The normalized spacial score (nSPS) is 10.5. The average Bonchev–Trinajstić information content (AvgIpc) is 2.63. The fraction of sp³-hybridized carbons (Fsp3) is 0.200. The molecule has 0 fully saturated rings. The molecule has 3 aromatic rings. The number of nitrogens with one attached hydrogen (secondary N) is 1. The van der Waals surface area contributed by atoms with Crippen LogP contribution in [0.4, 0.5) is 17.5 Å². The van der Waals surface area contributed by atoms with Crippen molar-refractivity contribution >= 4 is 29.1 Å². The van der Waals surface area contributed by atoms with E-state index < -0.39 is 0 Å². The van der Waals surface area contributed by atoms with E-state index in [9.17, 15) is 0 Å². The van der Waals surface area contributed by atoms with Crippen LogP contribution in [0.2, 0.25) is 5.02 Å². The van der Waals surface area contributed by atoms with Crippen LogP contribution in [0.3, 0.4) is 0 Å². The summed E-state index contributed by atoms with van der Waals surface area (Å²) in [5, 5.41) is 4.00. The third kappa shape index (κ3) is 4.48. The van der Waals surface area contributed by atoms with Gasteiger partial charge in [-0.3, -0.25) is 0 Å². The van der Waals surface area contributed by atoms with Crippen LogP contribution in [0, 0.1) is 6.92 Å². The number of aryl methyl sites for hydroxylation is 1. The molecule has 0 amide bonds. The van der Waals surface area contributed by atoms with Gasteiger partial charge >= 0.3 is 0 Å². The molecule has 3 rings (SSSR count). The molecule has 0 saturated heterocycles. The minimum atomic E-state index is 0.578. The van der Waals surface area contributed by atoms with Crippen LogP contribution in [-0.2, 0) is 6.54 Å². The molecule has 1 N–H and O–H groups in total. The van der Waals surface area contributed by atoms with Gasteiger partial charge in [0.05, 0.1) is 0 Å². The Hall–Kier alpha value is -2.59. The molecule has 0 spiro atoms. The predicted octanol–water partition coefficient (Wildman–Crippen LogP) is 5.21. The van der Waals surface area contributed by atoms with Gasteiger partial charge in [0.15, 0.2) is 0 Å². The summed E-state index contributed by atoms with van der Waals surface area (Å²) in [6.45, 7) is 5.81. The molecule has 1 heterocycles. The zero-order valence-corrected chi connectivity index (χ0v) is 15.2. The van der Waals surface area contributed by atoms with Gasteiger partial charge in [0.25, 0.3) is 0 Å². The third-order valence-corrected chi connectivity index (χ3v) is 4.23. The van der Waals surface area contributed by atoms with E-state index in [1.165, 1.54) is 5.56 Å². The molecule has 5 heteroatoms. The minimum absolute atomic E-state index is 0.578. The van der Waals surface area contributed by atoms with Crippen molar-refractivity contribution in [1.82, 2.24) is 9.97 Å². The second kappa shape index (κ2) is 7.99. The van der Waals surface area contributed by atoms with E-state index in [0.717, 1.165) is 35.2 Å². The van der Waals surface area contributed by atoms with Crippen molar-refractivity contribution in [3.63, 3.8) is 0 Å². The van der Waals surface area contributed by atoms with Gasteiger partial charge in [-0.15, -0.1) is 0 Å². The first kappa shape index (κ1) is 17.2. The van der Waals surface area contributed by atoms with E-state index in [1.807, 2.05) is 37.3 Å². The van der Waals surface area contributed by atoms with E-state index in [4.69, 9.17) is 11.6 Å². The second-order valence-electron chi connectivity index (χ2n) is 5.82. The van der Waals surface area contributed by atoms with Crippen molar-refractivity contribution in [3.05, 3.63) is 76.9 Å². The first-order valence-electron chi connectivity index (χ1n) is 8.31. The highest BCUT2D eigenvalue weighted by molar-refractivity contribution is 6.30. The molecule has 0 aliphatic carbocycles. The highest BCUT2D eigenvalue weighted by atomic mass is 35.5. The number of rotatable bonds is 6. The maximum atomic E-state index is 6.02. The average molecular weight is 353 g/mol. The van der Waals surface area contributed by atoms with Gasteiger partial charge in [-0.05, 0) is 49.2 Å². The molecule has 0 atom stereocenters. The minimum Gasteiger partial charge on any atom is -0.352 e. The van der Waals surface area contributed by atoms with Crippen molar-refractivity contribution in [2.45, 2.75) is 20.4 Å². The molecule has 0 bridgehead atoms. The van der Waals surface area contributed by atoms with Crippen LogP contribution in [0.5, 0.6) is 0 Å². The van der Waals surface area contributed by atoms with Crippen LogP contribution in [-0.4, -0.2) is 16.5 Å². The molecule has 1 aromatic heterocycles. The lowest BCUT2D eigenvalue weighted by molar-refractivity contribution is 0.811. The molecule has 4 nitrogen and oxygen atoms in total. The van der Waals surface area contributed by atoms with Gasteiger partial charge in [-0.25, -0.2) is 4.98 Å². The number of hydrogen-bond donors (Lipinski definition) is 1. The molecule has 2 aromatic carbocycles. The van der Waals surface area contributed by atoms with Crippen LogP contribution in [0.15, 0.2) is 60.8 Å². The maximum Gasteiger partial charge on any atom is 0.229 e. The number of nitrogens with zero attached hydrogens (tertiary/aromatic N) is 3. The third-order valence-electron chi connectivity index (χ3n) is 4.00. The highest BCUT2D eigenvalue weighted by Crippen LogP contribution is 2.23. The lowest BCUT2D eigenvalue weighted by Gasteiger charge is -2.22. The Balaban J connectivity index is 1.80. The number of aromatic nitrogens is 2. The Morgan fingerprint density at radius 3 is 2.60 bits per heavy atom. The van der Waals surface area contributed by atoms with Crippen LogP contribution >= 0.6 is 11.6 Å². The summed E-state index contributed by atoms with van der Waals surface area (Å²) < 4.78 is 0. The lowest BCUT2D eigenvalue weighted by Crippen LogP contribution is -2.23. The van der Waals surface area contributed by atoms with Gasteiger partial charge in [-0.2, -0.15) is 4.98 Å². The number of hydrogen-bond acceptors (Lipinski definition) is 4. The second-order valence-corrected chi connectivity index (χ2v) is 6.26. The predicted molar refractivity (Wildman–Crippen MR) is 105 cm³/mol. The Kier molecular flexibility index (Phi) is 5.51. The first-order chi connectivity index (χ1) is 12.2. The summed E-state index contributed by atoms with van der Waals surface area (Å²) in [7, 11) is 0. The standard InChI is InChI=1S/C20H21ClN4/c1-3-25(14-16-7-5-4-6-8-16)19-11-12-22-20(24-19)23-18-10-9-17(21)13-15(18)2/h4-13H,3,14H2,1-2H3,(H,22,23,24). The molecule has 0 radical (unpaired) electrons. The van der Waals surface area contributed by atoms with Crippen LogP contribution in [0.25, 0.3) is 0 Å². The zero-order chi connectivity index (χ0) is 17.6. The lowest BCUT2D eigenvalue weighted by atomic mass is 10.2. The van der Waals surface area contributed by atoms with Crippen molar-refractivity contribution in [1.29, 1.82) is 0 Å². The molecule has 0 saturated carbocycles. The Labute approximate surface area is 153 Å². The summed E-state index contributed by atoms with van der Waals surface area (Å²) in [4.78, 5) is 11.2. The number of anilines is 3. The molecule has 0 unspecified atom stereocenters. The quantitative estimate of drug-likeness (QED) is 0.661. The molecule has 25 heavy (non-hydrogen) atoms. The molecule has 0 aliphatic rings. The molecule has 0 aliphatic heterocycles. The van der Waals surface area contributed by atoms with Crippen molar-refractivity contribution in [2.24, 2.45) is 0 Å². The summed E-state index contributed by atoms with van der Waals surface area (Å²) in [5.74, 6) is 1.48. The fourth-order valence-electron chi connectivity index (χ4n) is 2.63. The first-order valence-corrected chi connectivity index (χ1v) is 8.68. The van der Waals surface area contributed by atoms with E-state index in [0.29, 0.717) is 5.95 Å². The molecular formula is C20H21ClN4. The maximum absolute atomic E-state index is 6.02. The van der Waals surface area contributed by atoms with Gasteiger partial charge in [0.1, 0.15) is 5.82 Å². The van der Waals surface area contributed by atoms with Crippen molar-refractivity contribution < 1.29 is 0 Å². The number of halogens is 1. The van der Waals surface area contributed by atoms with Gasteiger partial charge < -0.3 is 10.2 Å². The SMILES string of the molecule is CCN(Cc1ccccc1)c1ccnc(Nc2ccc(Cl)cc2C)n1. The smallest absolute Gasteiger partial charge is 0.229 e. The Morgan fingerprint density at radius 2 is 1.88 bits per heavy atom. The summed E-state index contributed by atoms with van der Waals surface area (Å²) in [6.07, 6.45) is 1.78. The largest absolute Gasteiger partial charge is 0.352 e. The monoisotopic (exact) mass is 352 g/mol. The summed E-state index contributed by atoms with van der Waals surface area (Å²) in [5.41, 5.74) is 3.26. The molecule has 128 valence electrons. The topological polar surface area (TPSA) is 41.1 Å². The Bertz CT molecular complexity index is 836. The fourth-order valence-corrected chi connectivity index (χ4v) is 2.86. The molecular weight excluding hydrogens is 332 g/mol. The van der Waals surface area contributed by atoms with Crippen LogP contribution in [0.1, 0.15) is 18.1 Å². The highest BCUT2D eigenvalue weighted by Gasteiger charge is 2.09. The van der Waals surface area contributed by atoms with E-state index in [1.54, 1.807) is 6.20 Å². The van der Waals surface area contributed by atoms with E-state index in [-0.39, 0.29) is 0 Å². The van der Waals surface area contributed by atoms with Gasteiger partial charge in [0.2, 0.25) is 5.95 Å². The van der Waals surface area contributed by atoms with E-state index >= 15 is 0 Å². The summed E-state index contributed by atoms with van der Waals surface area (Å²) >= 11 is 6.02. The van der Waals surface area contributed by atoms with Crippen LogP contribution < -0.4 is 10.2 Å².